The molecule has 11 atom stereocenters. The van der Waals surface area contributed by atoms with Crippen molar-refractivity contribution in [2.45, 2.75) is 220 Å². The van der Waals surface area contributed by atoms with E-state index >= 15 is 0 Å². The van der Waals surface area contributed by atoms with E-state index in [1.807, 2.05) is 67.5 Å². The highest BCUT2D eigenvalue weighted by atomic mass is 32.2. The van der Waals surface area contributed by atoms with E-state index in [0.717, 1.165) is 23.1 Å². The van der Waals surface area contributed by atoms with Gasteiger partial charge in [0.2, 0.25) is 35.4 Å². The molecule has 7 N–H and O–H groups in total. The number of likely N-dealkylation sites (N-methyl/N-ethyl adjacent to an activating group) is 2. The van der Waals surface area contributed by atoms with Gasteiger partial charge in [0.05, 0.1) is 161 Å². The lowest BCUT2D eigenvalue weighted by atomic mass is 9.82. The molecule has 36 heteroatoms. The Labute approximate surface area is 804 Å². The SMILES string of the molecule is C=C(C[C@H](C(=O)N(C)[C@@H]([C@@H](C)CC)[C@@H](CC(=O)N1CCC[C@H]1[C@H](OC)[C@@H](C)C(=O)C[C@@H](Cc1ccccc1)C(=O)NCc1ccc(NC(=O)[C@H](CCCNC(N)=O)CC(=O)[C@@H](NC(=O)COCC(=O)CCCOCCOCCOCCOCCOCCOCCOCCOCCn2cc(CNC(=O)CCCC#Cc3cnc(SC)nc3)nn2)C(C)C)cc1)OC)C(C)C)[C@H](C(C)C)N(C)C. The number of carbonyl (C=O) groups excluding carboxylic acids is 10. The minimum absolute atomic E-state index is 0.0111. The summed E-state index contributed by atoms with van der Waals surface area (Å²) in [5, 5.41) is 23.0. The molecule has 1 fully saturated rings. The number of aromatic nitrogens is 5. The summed E-state index contributed by atoms with van der Waals surface area (Å²) in [4.78, 5) is 151. The lowest BCUT2D eigenvalue weighted by Crippen LogP contribution is -2.54. The van der Waals surface area contributed by atoms with E-state index in [2.05, 4.69) is 112 Å². The molecule has 35 nitrogen and oxygen atoms in total. The molecule has 135 heavy (non-hydrogen) atoms. The molecule has 0 bridgehead atoms. The van der Waals surface area contributed by atoms with Crippen LogP contribution in [0.15, 0.2) is 90.5 Å². The van der Waals surface area contributed by atoms with Crippen molar-refractivity contribution in [3.8, 4) is 11.8 Å². The molecule has 1 saturated heterocycles. The Kier molecular flexibility index (Phi) is 58.0. The van der Waals surface area contributed by atoms with E-state index in [-0.39, 0.29) is 130 Å². The van der Waals surface area contributed by atoms with Crippen LogP contribution in [-0.4, -0.2) is 308 Å². The van der Waals surface area contributed by atoms with Gasteiger partial charge >= 0.3 is 6.03 Å². The van der Waals surface area contributed by atoms with Crippen molar-refractivity contribution < 1.29 is 100 Å². The summed E-state index contributed by atoms with van der Waals surface area (Å²) in [6.07, 6.45) is 10.9. The minimum atomic E-state index is -1.00. The molecule has 3 heterocycles. The zero-order valence-corrected chi connectivity index (χ0v) is 83.5. The second-order valence-electron chi connectivity index (χ2n) is 35.4. The molecular formula is C99H156N14O21S. The van der Waals surface area contributed by atoms with Gasteiger partial charge in [0.1, 0.15) is 24.7 Å². The molecule has 1 aliphatic heterocycles. The molecule has 0 spiro atoms. The molecule has 2 aromatic heterocycles. The van der Waals surface area contributed by atoms with Gasteiger partial charge < -0.3 is 99.1 Å². The van der Waals surface area contributed by atoms with Gasteiger partial charge in [-0.25, -0.2) is 19.4 Å². The summed E-state index contributed by atoms with van der Waals surface area (Å²) < 4.78 is 64.2. The van der Waals surface area contributed by atoms with Crippen molar-refractivity contribution in [2.24, 2.45) is 53.1 Å². The van der Waals surface area contributed by atoms with Crippen molar-refractivity contribution in [1.82, 2.24) is 60.9 Å². The van der Waals surface area contributed by atoms with Crippen LogP contribution in [-0.2, 0) is 121 Å². The number of likely N-dealkylation sites (tertiary alicyclic amines) is 1. The molecule has 2 aromatic carbocycles. The number of Topliss-reactive ketones (excluding diaryl/α,β-unsaturated/α-hetero) is 3. The van der Waals surface area contributed by atoms with E-state index in [1.54, 1.807) is 82.5 Å². The quantitative estimate of drug-likeness (QED) is 0.00788. The number of amides is 8. The van der Waals surface area contributed by atoms with Gasteiger partial charge in [-0.2, -0.15) is 0 Å². The van der Waals surface area contributed by atoms with Gasteiger partial charge in [0.15, 0.2) is 16.7 Å². The number of nitrogens with two attached hydrogens (primary N) is 1. The summed E-state index contributed by atoms with van der Waals surface area (Å²) >= 11 is 1.47. The molecule has 0 unspecified atom stereocenters. The number of methoxy groups -OCH3 is 2. The monoisotopic (exact) mass is 1910 g/mol. The number of hydrogen-bond acceptors (Lipinski definition) is 27. The number of urea groups is 1. The largest absolute Gasteiger partial charge is 0.379 e. The summed E-state index contributed by atoms with van der Waals surface area (Å²) in [6.45, 7) is 29.4. The highest BCUT2D eigenvalue weighted by molar-refractivity contribution is 7.98. The summed E-state index contributed by atoms with van der Waals surface area (Å²) in [5.74, 6) is 0.761. The first-order valence-corrected chi connectivity index (χ1v) is 48.9. The van der Waals surface area contributed by atoms with E-state index in [1.165, 1.54) is 11.8 Å². The Balaban J connectivity index is 0.929. The van der Waals surface area contributed by atoms with Crippen LogP contribution in [0.25, 0.3) is 0 Å². The van der Waals surface area contributed by atoms with Crippen molar-refractivity contribution in [2.75, 3.05) is 179 Å². The van der Waals surface area contributed by atoms with Gasteiger partial charge in [0, 0.05) is 127 Å². The van der Waals surface area contributed by atoms with E-state index < -0.39 is 78.3 Å². The second kappa shape index (κ2) is 67.2. The number of anilines is 1. The highest BCUT2D eigenvalue weighted by Gasteiger charge is 2.44. The maximum absolute atomic E-state index is 14.8. The zero-order chi connectivity index (χ0) is 98.8. The number of hydrogen-bond donors (Lipinski definition) is 6. The van der Waals surface area contributed by atoms with Crippen LogP contribution < -0.4 is 32.3 Å². The molecule has 0 radical (unpaired) electrons. The number of benzene rings is 2. The molecular weight excluding hydrogens is 1750 g/mol. The Morgan fingerprint density at radius 2 is 1.22 bits per heavy atom. The van der Waals surface area contributed by atoms with E-state index in [0.29, 0.717) is 198 Å². The lowest BCUT2D eigenvalue weighted by molar-refractivity contribution is -0.148. The van der Waals surface area contributed by atoms with Crippen LogP contribution >= 0.6 is 11.8 Å². The Morgan fingerprint density at radius 3 is 1.78 bits per heavy atom. The van der Waals surface area contributed by atoms with Crippen LogP contribution in [0.1, 0.15) is 175 Å². The number of thioether (sulfide) groups is 1. The lowest BCUT2D eigenvalue weighted by Gasteiger charge is -2.41. The fourth-order valence-corrected chi connectivity index (χ4v) is 16.6. The number of nitrogens with one attached hydrogen (secondary N) is 5. The van der Waals surface area contributed by atoms with Crippen molar-refractivity contribution >= 4 is 76.3 Å². The van der Waals surface area contributed by atoms with Crippen LogP contribution in [0.2, 0.25) is 0 Å². The molecule has 8 amide bonds. The second-order valence-corrected chi connectivity index (χ2v) is 36.2. The van der Waals surface area contributed by atoms with Gasteiger partial charge in [0.25, 0.3) is 0 Å². The number of ketones is 3. The van der Waals surface area contributed by atoms with Crippen molar-refractivity contribution in [3.05, 3.63) is 108 Å². The fraction of sp³-hybridized carbons (Fsp3) is 0.677. The van der Waals surface area contributed by atoms with E-state index in [9.17, 15) is 47.9 Å². The standard InChI is InChI=1S/C99H156N14O21S/c1-17-72(8)93(111(13)97(122)83(69(2)3)57-73(9)92(71(6)7)110(11)12)87(124-14)61-90(119)113-39-25-32-84(113)94(125-15)74(10)85(115)60-79(58-75-27-20-18-21-28-75)95(120)103-62-76-34-36-80(37-35-76)106-96(121)78(30-24-38-101-98(100)123)59-86(116)91(70(4)5)107-89(118)68-134-67-82(114)31-26-41-126-43-45-128-47-49-130-51-53-132-55-56-133-54-52-131-50-48-129-46-44-127-42-40-112-66-81(108-109-112)65-102-88(117)33-23-19-22-29-77-63-104-99(135-16)105-64-77/h18,20-21,27-28,34-37,63-64,66,69-72,74,78-79,83-84,87,91-94H,9,17,19,23-26,30-33,38-62,65,67-68H2,1-8,10-16H3,(H,102,117)(H,103,120)(H,106,121)(H,107,118)(H3,100,101,123)/t72-,74-,78+,79+,83-,84-,87+,91-,92-,93-,94+/m0/s1. The van der Waals surface area contributed by atoms with Crippen molar-refractivity contribution in [3.63, 3.8) is 0 Å². The van der Waals surface area contributed by atoms with Crippen LogP contribution in [0.5, 0.6) is 0 Å². The number of unbranched alkanes of at least 4 members (excludes halogenated alkanes) is 1. The normalized spacial score (nSPS) is 14.9. The number of rotatable bonds is 74. The molecule has 754 valence electrons. The summed E-state index contributed by atoms with van der Waals surface area (Å²) in [6, 6.07) is 13.8. The Hall–Kier alpha value is -9.07. The summed E-state index contributed by atoms with van der Waals surface area (Å²) in [5.41, 5.74) is 9.70. The Morgan fingerprint density at radius 1 is 0.622 bits per heavy atom. The predicted molar refractivity (Wildman–Crippen MR) is 515 cm³/mol. The number of nitrogens with zero attached hydrogens (tertiary/aromatic N) is 8. The highest BCUT2D eigenvalue weighted by Crippen LogP contribution is 2.34. The average Bonchev–Trinajstić information content (AvgIpc) is 1.77. The average molecular weight is 1910 g/mol. The number of carbonyl (C=O) groups is 10. The van der Waals surface area contributed by atoms with Gasteiger partial charge in [-0.05, 0) is 119 Å². The molecule has 0 aliphatic carbocycles. The first-order chi connectivity index (χ1) is 64.9. The first kappa shape index (κ1) is 116. The third kappa shape index (κ3) is 45.8. The van der Waals surface area contributed by atoms with Gasteiger partial charge in [-0.3, -0.25) is 43.2 Å². The topological polar surface area (TPSA) is 425 Å². The smallest absolute Gasteiger partial charge is 0.312 e. The van der Waals surface area contributed by atoms with Crippen molar-refractivity contribution in [1.29, 1.82) is 0 Å². The third-order valence-electron chi connectivity index (χ3n) is 23.7. The first-order valence-electron chi connectivity index (χ1n) is 47.7. The third-order valence-corrected chi connectivity index (χ3v) is 24.3. The maximum atomic E-state index is 14.8. The molecule has 5 rings (SSSR count). The predicted octanol–water partition coefficient (Wildman–Crippen LogP) is 9.09. The number of ether oxygens (including phenoxy) is 11. The van der Waals surface area contributed by atoms with Crippen LogP contribution in [0, 0.1) is 59.2 Å². The van der Waals surface area contributed by atoms with E-state index in [4.69, 9.17) is 57.8 Å². The van der Waals surface area contributed by atoms with Gasteiger partial charge in [-0.15, -0.1) is 5.10 Å². The molecule has 4 aromatic rings. The zero-order valence-electron chi connectivity index (χ0n) is 82.7. The summed E-state index contributed by atoms with van der Waals surface area (Å²) in [7, 11) is 9.04. The maximum Gasteiger partial charge on any atom is 0.312 e. The fourth-order valence-electron chi connectivity index (χ4n) is 16.3. The van der Waals surface area contributed by atoms with Crippen LogP contribution in [0.3, 0.4) is 0 Å². The minimum Gasteiger partial charge on any atom is -0.379 e. The van der Waals surface area contributed by atoms with Crippen LogP contribution in [0.4, 0.5) is 10.5 Å². The van der Waals surface area contributed by atoms with Gasteiger partial charge in [-0.1, -0.05) is 152 Å². The molecule has 1 aliphatic rings. The molecule has 0 saturated carbocycles. The Bertz CT molecular complexity index is 4190. The number of primary amides is 1.